The maximum Gasteiger partial charge on any atom is 0.495 e. The van der Waals surface area contributed by atoms with Gasteiger partial charge < -0.3 is 19.2 Å². The molecule has 3 rings (SSSR count). The van der Waals surface area contributed by atoms with E-state index in [0.29, 0.717) is 16.9 Å². The lowest BCUT2D eigenvalue weighted by molar-refractivity contribution is 0.00578. The summed E-state index contributed by atoms with van der Waals surface area (Å²) >= 11 is 0. The topological polar surface area (TPSA) is 47.9 Å². The Morgan fingerprint density at radius 3 is 2.38 bits per heavy atom. The summed E-state index contributed by atoms with van der Waals surface area (Å²) in [4.78, 5) is 0. The molecule has 0 amide bonds. The molecule has 0 unspecified atom stereocenters. The predicted molar refractivity (Wildman–Crippen MR) is 115 cm³/mol. The first-order valence-corrected chi connectivity index (χ1v) is 9.70. The summed E-state index contributed by atoms with van der Waals surface area (Å²) in [5.41, 5.74) is 2.67. The van der Waals surface area contributed by atoms with Crippen molar-refractivity contribution in [2.75, 3.05) is 7.11 Å². The highest BCUT2D eigenvalue weighted by Gasteiger charge is 2.52. The van der Waals surface area contributed by atoms with Gasteiger partial charge in [-0.3, -0.25) is 0 Å². The number of rotatable bonds is 5. The lowest BCUT2D eigenvalue weighted by Crippen LogP contribution is -2.41. The van der Waals surface area contributed by atoms with Gasteiger partial charge in [0.1, 0.15) is 11.6 Å². The van der Waals surface area contributed by atoms with Crippen LogP contribution in [0.1, 0.15) is 49.9 Å². The molecule has 2 aromatic carbocycles. The van der Waals surface area contributed by atoms with E-state index >= 15 is 0 Å². The maximum absolute atomic E-state index is 15.0. The van der Waals surface area contributed by atoms with Gasteiger partial charge in [0.05, 0.1) is 24.9 Å². The Morgan fingerprint density at radius 2 is 1.79 bits per heavy atom. The second kappa shape index (κ2) is 7.94. The first-order valence-electron chi connectivity index (χ1n) is 9.70. The van der Waals surface area contributed by atoms with Gasteiger partial charge in [0.2, 0.25) is 0 Å². The lowest BCUT2D eigenvalue weighted by Gasteiger charge is -2.32. The summed E-state index contributed by atoms with van der Waals surface area (Å²) in [7, 11) is 0.998. The molecule has 0 bridgehead atoms. The van der Waals surface area contributed by atoms with E-state index in [1.807, 2.05) is 52.8 Å². The molecule has 1 heterocycles. The van der Waals surface area contributed by atoms with Crippen LogP contribution in [0.2, 0.25) is 0 Å². The fraction of sp³-hybridized carbons (Fsp3) is 0.391. The van der Waals surface area contributed by atoms with E-state index in [0.717, 1.165) is 16.6 Å². The van der Waals surface area contributed by atoms with Crippen molar-refractivity contribution in [3.63, 3.8) is 0 Å². The van der Waals surface area contributed by atoms with E-state index in [2.05, 4.69) is 0 Å². The zero-order valence-corrected chi connectivity index (χ0v) is 17.9. The van der Waals surface area contributed by atoms with Crippen LogP contribution in [0.4, 0.5) is 4.39 Å². The minimum atomic E-state index is -0.500. The summed E-state index contributed by atoms with van der Waals surface area (Å²) in [5, 5.41) is 9.35. The summed E-state index contributed by atoms with van der Waals surface area (Å²) < 4.78 is 32.5. The Balaban J connectivity index is 1.94. The smallest absolute Gasteiger partial charge is 0.495 e. The Bertz CT molecular complexity index is 920. The second-order valence-corrected chi connectivity index (χ2v) is 8.33. The third kappa shape index (κ3) is 4.11. The molecule has 1 fully saturated rings. The lowest BCUT2D eigenvalue weighted by atomic mass is 9.75. The number of hydrogen-bond acceptors (Lipinski definition) is 4. The molecular formula is C23H28BFO4. The van der Waals surface area contributed by atoms with Crippen molar-refractivity contribution in [1.29, 1.82) is 0 Å². The monoisotopic (exact) mass is 398 g/mol. The van der Waals surface area contributed by atoms with E-state index < -0.39 is 18.3 Å². The largest absolute Gasteiger partial charge is 0.496 e. The van der Waals surface area contributed by atoms with Crippen LogP contribution in [0.15, 0.2) is 36.4 Å². The average Bonchev–Trinajstić information content (AvgIpc) is 2.89. The number of halogens is 1. The maximum atomic E-state index is 15.0. The molecule has 1 saturated heterocycles. The fourth-order valence-corrected chi connectivity index (χ4v) is 3.30. The van der Waals surface area contributed by atoms with E-state index in [-0.39, 0.29) is 12.4 Å². The standard InChI is InChI=1S/C23H28BFO4/c1-15-16(12-20(25)17-10-11-18(14-26)21(13-17)27-6)8-7-9-19(15)24-28-22(2,3)23(4,5)29-24/h7-13,26H,14H2,1-6H3. The Hall–Kier alpha value is -2.15. The van der Waals surface area contributed by atoms with Crippen LogP contribution in [0.25, 0.3) is 11.9 Å². The molecule has 0 spiro atoms. The van der Waals surface area contributed by atoms with Crippen LogP contribution < -0.4 is 10.2 Å². The van der Waals surface area contributed by atoms with Crippen LogP contribution in [0.3, 0.4) is 0 Å². The first-order chi connectivity index (χ1) is 13.6. The quantitative estimate of drug-likeness (QED) is 0.604. The molecule has 0 atom stereocenters. The molecule has 0 radical (unpaired) electrons. The molecule has 6 heteroatoms. The average molecular weight is 398 g/mol. The first kappa shape index (κ1) is 21.6. The normalized spacial score (nSPS) is 18.2. The van der Waals surface area contributed by atoms with Crippen molar-refractivity contribution in [2.45, 2.75) is 52.4 Å². The van der Waals surface area contributed by atoms with Crippen LogP contribution in [-0.4, -0.2) is 30.5 Å². The molecular weight excluding hydrogens is 370 g/mol. The van der Waals surface area contributed by atoms with Gasteiger partial charge in [-0.2, -0.15) is 0 Å². The molecule has 29 heavy (non-hydrogen) atoms. The van der Waals surface area contributed by atoms with E-state index in [1.165, 1.54) is 13.2 Å². The van der Waals surface area contributed by atoms with Crippen LogP contribution >= 0.6 is 0 Å². The van der Waals surface area contributed by atoms with Crippen molar-refractivity contribution in [3.8, 4) is 5.75 Å². The van der Waals surface area contributed by atoms with Gasteiger partial charge in [-0.25, -0.2) is 4.39 Å². The highest BCUT2D eigenvalue weighted by atomic mass is 19.1. The Labute approximate surface area is 172 Å². The van der Waals surface area contributed by atoms with Gasteiger partial charge in [0.25, 0.3) is 0 Å². The summed E-state index contributed by atoms with van der Waals surface area (Å²) in [6, 6.07) is 10.6. The molecule has 1 N–H and O–H groups in total. The molecule has 154 valence electrons. The highest BCUT2D eigenvalue weighted by molar-refractivity contribution is 6.62. The third-order valence-corrected chi connectivity index (χ3v) is 5.94. The molecule has 4 nitrogen and oxygen atoms in total. The van der Waals surface area contributed by atoms with Crippen molar-refractivity contribution in [1.82, 2.24) is 0 Å². The van der Waals surface area contributed by atoms with Crippen molar-refractivity contribution in [3.05, 3.63) is 58.7 Å². The molecule has 1 aliphatic rings. The van der Waals surface area contributed by atoms with E-state index in [4.69, 9.17) is 14.0 Å². The molecule has 0 aromatic heterocycles. The molecule has 0 saturated carbocycles. The van der Waals surface area contributed by atoms with Gasteiger partial charge in [-0.1, -0.05) is 30.3 Å². The summed E-state index contributed by atoms with van der Waals surface area (Å²) in [6.45, 7) is 9.81. The minimum Gasteiger partial charge on any atom is -0.496 e. The zero-order chi connectivity index (χ0) is 21.4. The number of aliphatic hydroxyl groups excluding tert-OH is 1. The SMILES string of the molecule is COc1cc(C(F)=Cc2cccc(B3OC(C)(C)C(C)(C)O3)c2C)ccc1CO. The van der Waals surface area contributed by atoms with Crippen molar-refractivity contribution in [2.24, 2.45) is 0 Å². The Kier molecular flexibility index (Phi) is 5.90. The van der Waals surface area contributed by atoms with E-state index in [1.54, 1.807) is 18.2 Å². The van der Waals surface area contributed by atoms with Crippen molar-refractivity contribution < 1.29 is 23.5 Å². The molecule has 2 aromatic rings. The van der Waals surface area contributed by atoms with E-state index in [9.17, 15) is 9.50 Å². The van der Waals surface area contributed by atoms with Gasteiger partial charge >= 0.3 is 7.12 Å². The van der Waals surface area contributed by atoms with Crippen LogP contribution in [0.5, 0.6) is 5.75 Å². The summed E-state index contributed by atoms with van der Waals surface area (Å²) in [5.74, 6) is 0.0678. The highest BCUT2D eigenvalue weighted by Crippen LogP contribution is 2.37. The van der Waals surface area contributed by atoms with Gasteiger partial charge in [0.15, 0.2) is 0 Å². The Morgan fingerprint density at radius 1 is 1.14 bits per heavy atom. The number of aliphatic hydroxyl groups is 1. The van der Waals surface area contributed by atoms with Gasteiger partial charge in [-0.05, 0) is 63.4 Å². The van der Waals surface area contributed by atoms with Crippen LogP contribution in [-0.2, 0) is 15.9 Å². The summed E-state index contributed by atoms with van der Waals surface area (Å²) in [6.07, 6.45) is 1.50. The molecule has 1 aliphatic heterocycles. The zero-order valence-electron chi connectivity index (χ0n) is 17.9. The number of hydrogen-bond donors (Lipinski definition) is 1. The minimum absolute atomic E-state index is 0.163. The number of ether oxygens (including phenoxy) is 1. The predicted octanol–water partition coefficient (Wildman–Crippen LogP) is 4.26. The fourth-order valence-electron chi connectivity index (χ4n) is 3.30. The van der Waals surface area contributed by atoms with Gasteiger partial charge in [0, 0.05) is 11.1 Å². The number of benzene rings is 2. The van der Waals surface area contributed by atoms with Crippen LogP contribution in [0, 0.1) is 6.92 Å². The molecule has 0 aliphatic carbocycles. The number of methoxy groups -OCH3 is 1. The van der Waals surface area contributed by atoms with Crippen molar-refractivity contribution >= 4 is 24.5 Å². The van der Waals surface area contributed by atoms with Gasteiger partial charge in [-0.15, -0.1) is 0 Å². The second-order valence-electron chi connectivity index (χ2n) is 8.33. The third-order valence-electron chi connectivity index (χ3n) is 5.94.